The number of rotatable bonds is 6. The molecule has 4 nitrogen and oxygen atoms in total. The Kier molecular flexibility index (Phi) is 8.65. The number of amides is 1. The molecular formula is C28H38FN3O. The Morgan fingerprint density at radius 2 is 1.67 bits per heavy atom. The van der Waals surface area contributed by atoms with Crippen LogP contribution in [0, 0.1) is 11.7 Å². The molecule has 178 valence electrons. The summed E-state index contributed by atoms with van der Waals surface area (Å²) < 4.78 is 13.3. The second kappa shape index (κ2) is 11.4. The molecule has 0 aromatic heterocycles. The van der Waals surface area contributed by atoms with Crippen molar-refractivity contribution in [1.82, 2.24) is 10.3 Å². The number of carbonyl (C=O) groups is 1. The van der Waals surface area contributed by atoms with Crippen molar-refractivity contribution >= 4 is 11.6 Å². The highest BCUT2D eigenvalue weighted by molar-refractivity contribution is 6.39. The van der Waals surface area contributed by atoms with Crippen LogP contribution in [-0.4, -0.2) is 23.2 Å². The summed E-state index contributed by atoms with van der Waals surface area (Å²) in [6.07, 6.45) is 6.99. The largest absolute Gasteiger partial charge is 0.342 e. The standard InChI is InChI=1S/C26H32FN3O.C2H6/c1-26(2,21-13-15-22(27)16-14-21)28-25(31)23-17-24(20-11-7-4-8-12-20)30(29-23)18-19-9-5-3-6-10-19;1-2/h4,7-8,11-16,19,24H,3,5-6,9-10,17-18H2,1-2H3,(H,28,31);1-2H3. The van der Waals surface area contributed by atoms with Crippen molar-refractivity contribution < 1.29 is 9.18 Å². The van der Waals surface area contributed by atoms with Gasteiger partial charge in [0.2, 0.25) is 0 Å². The zero-order valence-corrected chi connectivity index (χ0v) is 20.5. The summed E-state index contributed by atoms with van der Waals surface area (Å²) in [7, 11) is 0. The first-order valence-corrected chi connectivity index (χ1v) is 12.4. The van der Waals surface area contributed by atoms with Crippen molar-refractivity contribution in [2.24, 2.45) is 11.0 Å². The van der Waals surface area contributed by atoms with Gasteiger partial charge in [0.05, 0.1) is 11.6 Å². The fourth-order valence-corrected chi connectivity index (χ4v) is 4.75. The lowest BCUT2D eigenvalue weighted by atomic mass is 9.88. The Labute approximate surface area is 198 Å². The molecule has 33 heavy (non-hydrogen) atoms. The number of hydrazone groups is 1. The van der Waals surface area contributed by atoms with Crippen LogP contribution in [0.5, 0.6) is 0 Å². The Balaban J connectivity index is 0.00000149. The first-order chi connectivity index (χ1) is 15.9. The van der Waals surface area contributed by atoms with Crippen LogP contribution < -0.4 is 5.32 Å². The molecule has 1 fully saturated rings. The predicted molar refractivity (Wildman–Crippen MR) is 133 cm³/mol. The van der Waals surface area contributed by atoms with E-state index in [4.69, 9.17) is 5.10 Å². The molecular weight excluding hydrogens is 413 g/mol. The van der Waals surface area contributed by atoms with Crippen LogP contribution in [-0.2, 0) is 10.3 Å². The average molecular weight is 452 g/mol. The molecule has 1 amide bonds. The summed E-state index contributed by atoms with van der Waals surface area (Å²) in [5, 5.41) is 10.1. The first kappa shape index (κ1) is 24.9. The molecule has 1 N–H and O–H groups in total. The van der Waals surface area contributed by atoms with Gasteiger partial charge in [0.15, 0.2) is 0 Å². The summed E-state index contributed by atoms with van der Waals surface area (Å²) in [5.74, 6) is 0.207. The third-order valence-electron chi connectivity index (χ3n) is 6.60. The zero-order chi connectivity index (χ0) is 23.8. The molecule has 4 rings (SSSR count). The Morgan fingerprint density at radius 1 is 1.03 bits per heavy atom. The van der Waals surface area contributed by atoms with E-state index in [0.717, 1.165) is 12.1 Å². The van der Waals surface area contributed by atoms with E-state index in [-0.39, 0.29) is 17.8 Å². The maximum Gasteiger partial charge on any atom is 0.268 e. The van der Waals surface area contributed by atoms with E-state index in [0.29, 0.717) is 18.1 Å². The lowest BCUT2D eigenvalue weighted by molar-refractivity contribution is -0.116. The highest BCUT2D eigenvalue weighted by Gasteiger charge is 2.34. The van der Waals surface area contributed by atoms with Crippen LogP contribution in [0.1, 0.15) is 83.4 Å². The van der Waals surface area contributed by atoms with Crippen molar-refractivity contribution in [2.75, 3.05) is 6.54 Å². The number of nitrogens with one attached hydrogen (secondary N) is 1. The second-order valence-corrected chi connectivity index (χ2v) is 9.39. The normalized spacial score (nSPS) is 18.9. The van der Waals surface area contributed by atoms with E-state index < -0.39 is 5.54 Å². The van der Waals surface area contributed by atoms with Crippen LogP contribution in [0.4, 0.5) is 4.39 Å². The molecule has 1 aliphatic heterocycles. The summed E-state index contributed by atoms with van der Waals surface area (Å²) in [6.45, 7) is 8.77. The van der Waals surface area contributed by atoms with Crippen LogP contribution >= 0.6 is 0 Å². The molecule has 1 aliphatic carbocycles. The molecule has 0 saturated heterocycles. The fraction of sp³-hybridized carbons (Fsp3) is 0.500. The van der Waals surface area contributed by atoms with Gasteiger partial charge in [0, 0.05) is 13.0 Å². The van der Waals surface area contributed by atoms with E-state index >= 15 is 0 Å². The predicted octanol–water partition coefficient (Wildman–Crippen LogP) is 6.59. The average Bonchev–Trinajstić information content (AvgIpc) is 3.25. The lowest BCUT2D eigenvalue weighted by Crippen LogP contribution is -2.44. The number of hydrogen-bond donors (Lipinski definition) is 1. The number of halogens is 1. The van der Waals surface area contributed by atoms with Crippen molar-refractivity contribution in [3.8, 4) is 0 Å². The van der Waals surface area contributed by atoms with Gasteiger partial charge in [-0.3, -0.25) is 9.80 Å². The maximum atomic E-state index is 13.3. The van der Waals surface area contributed by atoms with Crippen molar-refractivity contribution in [3.05, 3.63) is 71.5 Å². The number of carbonyl (C=O) groups excluding carboxylic acids is 1. The van der Waals surface area contributed by atoms with Crippen LogP contribution in [0.25, 0.3) is 0 Å². The summed E-state index contributed by atoms with van der Waals surface area (Å²) in [5.41, 5.74) is 2.01. The van der Waals surface area contributed by atoms with Gasteiger partial charge in [-0.15, -0.1) is 0 Å². The molecule has 2 aliphatic rings. The first-order valence-electron chi connectivity index (χ1n) is 12.4. The third kappa shape index (κ3) is 6.43. The van der Waals surface area contributed by atoms with E-state index in [1.807, 2.05) is 45.9 Å². The van der Waals surface area contributed by atoms with Crippen molar-refractivity contribution in [2.45, 2.75) is 77.8 Å². The minimum atomic E-state index is -0.619. The maximum absolute atomic E-state index is 13.3. The molecule has 2 aromatic rings. The zero-order valence-electron chi connectivity index (χ0n) is 20.5. The second-order valence-electron chi connectivity index (χ2n) is 9.39. The number of nitrogens with zero attached hydrogens (tertiary/aromatic N) is 2. The molecule has 0 bridgehead atoms. The summed E-state index contributed by atoms with van der Waals surface area (Å²) >= 11 is 0. The van der Waals surface area contributed by atoms with Crippen LogP contribution in [0.3, 0.4) is 0 Å². The quantitative estimate of drug-likeness (QED) is 0.539. The van der Waals surface area contributed by atoms with Gasteiger partial charge in [-0.05, 0) is 55.9 Å². The summed E-state index contributed by atoms with van der Waals surface area (Å²) in [4.78, 5) is 13.2. The van der Waals surface area contributed by atoms with Gasteiger partial charge in [-0.25, -0.2) is 4.39 Å². The fourth-order valence-electron chi connectivity index (χ4n) is 4.75. The SMILES string of the molecule is CC.CC(C)(NC(=O)C1=NN(CC2CCCCC2)C(c2ccccc2)C1)c1ccc(F)cc1. The van der Waals surface area contributed by atoms with Crippen molar-refractivity contribution in [3.63, 3.8) is 0 Å². The monoisotopic (exact) mass is 451 g/mol. The molecule has 0 radical (unpaired) electrons. The summed E-state index contributed by atoms with van der Waals surface area (Å²) in [6, 6.07) is 16.7. The van der Waals surface area contributed by atoms with E-state index in [2.05, 4.69) is 22.5 Å². The topological polar surface area (TPSA) is 44.7 Å². The minimum Gasteiger partial charge on any atom is -0.342 e. The molecule has 1 saturated carbocycles. The smallest absolute Gasteiger partial charge is 0.268 e. The van der Waals surface area contributed by atoms with Gasteiger partial charge in [0.1, 0.15) is 11.5 Å². The Morgan fingerprint density at radius 3 is 2.30 bits per heavy atom. The molecule has 1 heterocycles. The molecule has 0 spiro atoms. The van der Waals surface area contributed by atoms with Crippen LogP contribution in [0.2, 0.25) is 0 Å². The van der Waals surface area contributed by atoms with Gasteiger partial charge >= 0.3 is 0 Å². The van der Waals surface area contributed by atoms with E-state index in [9.17, 15) is 9.18 Å². The van der Waals surface area contributed by atoms with Crippen LogP contribution in [0.15, 0.2) is 59.7 Å². The Bertz CT molecular complexity index is 918. The molecule has 5 heteroatoms. The van der Waals surface area contributed by atoms with Gasteiger partial charge in [0.25, 0.3) is 5.91 Å². The van der Waals surface area contributed by atoms with Crippen molar-refractivity contribution in [1.29, 1.82) is 0 Å². The molecule has 1 unspecified atom stereocenters. The lowest BCUT2D eigenvalue weighted by Gasteiger charge is -2.30. The highest BCUT2D eigenvalue weighted by atomic mass is 19.1. The minimum absolute atomic E-state index is 0.0952. The van der Waals surface area contributed by atoms with Gasteiger partial charge in [-0.2, -0.15) is 5.10 Å². The number of benzene rings is 2. The third-order valence-corrected chi connectivity index (χ3v) is 6.60. The molecule has 1 atom stereocenters. The van der Waals surface area contributed by atoms with Gasteiger partial charge in [-0.1, -0.05) is 75.6 Å². The van der Waals surface area contributed by atoms with E-state index in [1.54, 1.807) is 12.1 Å². The van der Waals surface area contributed by atoms with E-state index in [1.165, 1.54) is 49.8 Å². The number of hydrogen-bond acceptors (Lipinski definition) is 3. The highest BCUT2D eigenvalue weighted by Crippen LogP contribution is 2.34. The Hall–Kier alpha value is -2.69. The molecule has 2 aromatic carbocycles. The van der Waals surface area contributed by atoms with Gasteiger partial charge < -0.3 is 5.32 Å².